The first-order valence-electron chi connectivity index (χ1n) is 2.07. The number of halogens is 3. The van der Waals surface area contributed by atoms with Gasteiger partial charge in [0, 0.05) is 0 Å². The topological polar surface area (TPSA) is 61.1 Å². The van der Waals surface area contributed by atoms with Gasteiger partial charge in [0.25, 0.3) is 6.17 Å². The van der Waals surface area contributed by atoms with Crippen LogP contribution in [-0.2, 0) is 4.79 Å². The third-order valence-electron chi connectivity index (χ3n) is 0.717. The summed E-state index contributed by atoms with van der Waals surface area (Å²) in [7, 11) is 0. The summed E-state index contributed by atoms with van der Waals surface area (Å²) in [5.74, 6) is -7.24. The Morgan fingerprint density at radius 2 is 2.10 bits per heavy atom. The van der Waals surface area contributed by atoms with Crippen molar-refractivity contribution in [3.8, 4) is 6.07 Å². The van der Waals surface area contributed by atoms with Gasteiger partial charge >= 0.3 is 11.9 Å². The third kappa shape index (κ3) is 1.37. The summed E-state index contributed by atoms with van der Waals surface area (Å²) in [5.41, 5.74) is 0. The lowest BCUT2D eigenvalue weighted by Crippen LogP contribution is -2.37. The fourth-order valence-corrected chi connectivity index (χ4v) is 0.189. The van der Waals surface area contributed by atoms with E-state index < -0.39 is 18.1 Å². The lowest BCUT2D eigenvalue weighted by molar-refractivity contribution is -0.171. The predicted octanol–water partition coefficient (Wildman–Crippen LogP) is 0.568. The highest BCUT2D eigenvalue weighted by atomic mass is 19.3. The molecule has 0 aromatic rings. The lowest BCUT2D eigenvalue weighted by atomic mass is 10.2. The van der Waals surface area contributed by atoms with Crippen molar-refractivity contribution in [2.75, 3.05) is 0 Å². The quantitative estimate of drug-likeness (QED) is 0.630. The Morgan fingerprint density at radius 3 is 2.20 bits per heavy atom. The molecule has 0 fully saturated rings. The van der Waals surface area contributed by atoms with Crippen molar-refractivity contribution in [3.63, 3.8) is 0 Å². The van der Waals surface area contributed by atoms with E-state index in [0.717, 1.165) is 0 Å². The van der Waals surface area contributed by atoms with E-state index in [1.807, 2.05) is 0 Å². The first-order valence-corrected chi connectivity index (χ1v) is 2.07. The molecule has 0 aliphatic heterocycles. The molecule has 0 saturated carbocycles. The summed E-state index contributed by atoms with van der Waals surface area (Å²) in [6, 6.07) is 0.489. The second kappa shape index (κ2) is 2.56. The van der Waals surface area contributed by atoms with E-state index in [4.69, 9.17) is 10.4 Å². The molecule has 0 spiro atoms. The van der Waals surface area contributed by atoms with Crippen LogP contribution < -0.4 is 0 Å². The molecule has 1 atom stereocenters. The molecule has 0 aliphatic rings. The number of rotatable bonds is 2. The van der Waals surface area contributed by atoms with E-state index in [1.54, 1.807) is 0 Å². The Kier molecular flexibility index (Phi) is 2.24. The molecule has 10 heavy (non-hydrogen) atoms. The minimum Gasteiger partial charge on any atom is -0.477 e. The van der Waals surface area contributed by atoms with Gasteiger partial charge in [-0.25, -0.2) is 9.18 Å². The summed E-state index contributed by atoms with van der Waals surface area (Å²) >= 11 is 0. The predicted molar refractivity (Wildman–Crippen MR) is 23.1 cm³/mol. The molecule has 0 aromatic carbocycles. The van der Waals surface area contributed by atoms with Crippen LogP contribution >= 0.6 is 0 Å². The number of hydrogen-bond acceptors (Lipinski definition) is 2. The van der Waals surface area contributed by atoms with Gasteiger partial charge in [-0.2, -0.15) is 14.0 Å². The fourth-order valence-electron chi connectivity index (χ4n) is 0.189. The van der Waals surface area contributed by atoms with Crippen LogP contribution in [0.15, 0.2) is 0 Å². The Balaban J connectivity index is 4.43. The molecule has 0 rings (SSSR count). The van der Waals surface area contributed by atoms with Crippen LogP contribution in [0.5, 0.6) is 0 Å². The average Bonchev–Trinajstić information content (AvgIpc) is 1.86. The number of carboxylic acids is 1. The van der Waals surface area contributed by atoms with Crippen LogP contribution in [0.3, 0.4) is 0 Å². The van der Waals surface area contributed by atoms with E-state index in [9.17, 15) is 18.0 Å². The molecular formula is C4H2F3NO2. The van der Waals surface area contributed by atoms with Gasteiger partial charge in [-0.15, -0.1) is 0 Å². The van der Waals surface area contributed by atoms with Crippen LogP contribution in [0, 0.1) is 11.3 Å². The van der Waals surface area contributed by atoms with Crippen molar-refractivity contribution in [2.45, 2.75) is 12.1 Å². The lowest BCUT2D eigenvalue weighted by Gasteiger charge is -2.08. The first kappa shape index (κ1) is 8.75. The smallest absolute Gasteiger partial charge is 0.386 e. The van der Waals surface area contributed by atoms with Crippen molar-refractivity contribution in [1.82, 2.24) is 0 Å². The summed E-state index contributed by atoms with van der Waals surface area (Å²) < 4.78 is 35.2. The van der Waals surface area contributed by atoms with E-state index in [-0.39, 0.29) is 0 Å². The minimum absolute atomic E-state index is 0.489. The van der Waals surface area contributed by atoms with Crippen molar-refractivity contribution < 1.29 is 23.1 Å². The molecule has 1 unspecified atom stereocenters. The van der Waals surface area contributed by atoms with Crippen molar-refractivity contribution in [1.29, 1.82) is 5.26 Å². The van der Waals surface area contributed by atoms with Crippen LogP contribution in [0.25, 0.3) is 0 Å². The van der Waals surface area contributed by atoms with Gasteiger partial charge in [-0.1, -0.05) is 0 Å². The van der Waals surface area contributed by atoms with E-state index in [2.05, 4.69) is 0 Å². The molecule has 6 heteroatoms. The largest absolute Gasteiger partial charge is 0.477 e. The number of hydrogen-bond donors (Lipinski definition) is 1. The third-order valence-corrected chi connectivity index (χ3v) is 0.717. The van der Waals surface area contributed by atoms with Gasteiger partial charge in [-0.3, -0.25) is 0 Å². The number of carbonyl (C=O) groups is 1. The molecule has 0 aliphatic carbocycles. The van der Waals surface area contributed by atoms with Crippen LogP contribution in [0.2, 0.25) is 0 Å². The molecule has 0 bridgehead atoms. The standard InChI is InChI=1S/C4H2F3NO2/c5-2(1-8)4(6,7)3(9)10/h2H,(H,9,10). The first-order chi connectivity index (χ1) is 4.42. The van der Waals surface area contributed by atoms with Crippen molar-refractivity contribution in [2.24, 2.45) is 0 Å². The SMILES string of the molecule is N#CC(F)C(F)(F)C(=O)O. The number of alkyl halides is 3. The highest BCUT2D eigenvalue weighted by Crippen LogP contribution is 2.20. The molecule has 0 saturated heterocycles. The zero-order chi connectivity index (χ0) is 8.36. The van der Waals surface area contributed by atoms with Gasteiger partial charge < -0.3 is 5.11 Å². The summed E-state index contributed by atoms with van der Waals surface area (Å²) in [5, 5.41) is 15.2. The van der Waals surface area contributed by atoms with Gasteiger partial charge in [0.15, 0.2) is 0 Å². The number of aliphatic carboxylic acids is 1. The maximum atomic E-state index is 11.7. The number of nitrogens with zero attached hydrogens (tertiary/aromatic N) is 1. The van der Waals surface area contributed by atoms with Gasteiger partial charge in [-0.05, 0) is 0 Å². The maximum absolute atomic E-state index is 11.7. The van der Waals surface area contributed by atoms with Crippen LogP contribution in [-0.4, -0.2) is 23.2 Å². The Hall–Kier alpha value is -1.25. The van der Waals surface area contributed by atoms with Gasteiger partial charge in [0.2, 0.25) is 0 Å². The second-order valence-electron chi connectivity index (χ2n) is 1.42. The zero-order valence-electron chi connectivity index (χ0n) is 4.51. The zero-order valence-corrected chi connectivity index (χ0v) is 4.51. The van der Waals surface area contributed by atoms with E-state index in [1.165, 1.54) is 0 Å². The van der Waals surface area contributed by atoms with E-state index >= 15 is 0 Å². The fraction of sp³-hybridized carbons (Fsp3) is 0.500. The van der Waals surface area contributed by atoms with E-state index in [0.29, 0.717) is 6.07 Å². The molecule has 56 valence electrons. The number of nitriles is 1. The average molecular weight is 153 g/mol. The van der Waals surface area contributed by atoms with Crippen LogP contribution in [0.1, 0.15) is 0 Å². The minimum atomic E-state index is -4.60. The monoisotopic (exact) mass is 153 g/mol. The molecular weight excluding hydrogens is 151 g/mol. The molecule has 0 amide bonds. The maximum Gasteiger partial charge on any atom is 0.386 e. The summed E-state index contributed by atoms with van der Waals surface area (Å²) in [4.78, 5) is 9.48. The summed E-state index contributed by atoms with van der Waals surface area (Å²) in [6.45, 7) is 0. The van der Waals surface area contributed by atoms with Crippen molar-refractivity contribution >= 4 is 5.97 Å². The highest BCUT2D eigenvalue weighted by Gasteiger charge is 2.48. The second-order valence-corrected chi connectivity index (χ2v) is 1.42. The van der Waals surface area contributed by atoms with Crippen LogP contribution in [0.4, 0.5) is 13.2 Å². The Morgan fingerprint density at radius 1 is 1.70 bits per heavy atom. The summed E-state index contributed by atoms with van der Waals surface area (Å²) in [6.07, 6.45) is -3.29. The van der Waals surface area contributed by atoms with Crippen molar-refractivity contribution in [3.05, 3.63) is 0 Å². The molecule has 0 radical (unpaired) electrons. The molecule has 1 N–H and O–H groups in total. The van der Waals surface area contributed by atoms with Gasteiger partial charge in [0.1, 0.15) is 6.07 Å². The molecule has 0 heterocycles. The van der Waals surface area contributed by atoms with Gasteiger partial charge in [0.05, 0.1) is 0 Å². The highest BCUT2D eigenvalue weighted by molar-refractivity contribution is 5.76. The Bertz CT molecular complexity index is 185. The molecule has 0 aromatic heterocycles. The molecule has 3 nitrogen and oxygen atoms in total. The normalized spacial score (nSPS) is 13.8. The Labute approximate surface area is 53.7 Å². The number of carboxylic acid groups (broad SMARTS) is 1.